The molecule has 0 unspecified atom stereocenters. The number of carbonyl (C=O) groups excluding carboxylic acids is 1. The number of benzene rings is 1. The third-order valence-electron chi connectivity index (χ3n) is 4.04. The molecule has 0 saturated heterocycles. The van der Waals surface area contributed by atoms with Crippen molar-refractivity contribution in [3.8, 4) is 12.3 Å². The Kier molecular flexibility index (Phi) is 3.19. The van der Waals surface area contributed by atoms with Gasteiger partial charge in [-0.3, -0.25) is 9.89 Å². The number of hydrogen-bond donors (Lipinski definition) is 2. The smallest absolute Gasteiger partial charge is 0.252 e. The Morgan fingerprint density at radius 3 is 2.90 bits per heavy atom. The van der Waals surface area contributed by atoms with Crippen LogP contribution in [0.2, 0.25) is 0 Å². The predicted molar refractivity (Wildman–Crippen MR) is 78.2 cm³/mol. The van der Waals surface area contributed by atoms with E-state index in [1.807, 2.05) is 12.1 Å². The number of hydrogen-bond acceptors (Lipinski definition) is 2. The van der Waals surface area contributed by atoms with Gasteiger partial charge >= 0.3 is 0 Å². The number of terminal acetylenes is 1. The zero-order chi connectivity index (χ0) is 14.0. The van der Waals surface area contributed by atoms with Crippen LogP contribution >= 0.6 is 0 Å². The van der Waals surface area contributed by atoms with Crippen LogP contribution in [0.25, 0.3) is 10.9 Å². The van der Waals surface area contributed by atoms with Crippen molar-refractivity contribution in [3.05, 3.63) is 30.0 Å². The van der Waals surface area contributed by atoms with Crippen molar-refractivity contribution in [3.63, 3.8) is 0 Å². The van der Waals surface area contributed by atoms with E-state index in [2.05, 4.69) is 21.4 Å². The number of amides is 1. The van der Waals surface area contributed by atoms with Gasteiger partial charge < -0.3 is 5.32 Å². The van der Waals surface area contributed by atoms with E-state index in [0.29, 0.717) is 5.56 Å². The maximum Gasteiger partial charge on any atom is 0.252 e. The Hall–Kier alpha value is -2.28. The van der Waals surface area contributed by atoms with Crippen molar-refractivity contribution >= 4 is 16.8 Å². The Balaban J connectivity index is 1.83. The van der Waals surface area contributed by atoms with E-state index in [9.17, 15) is 4.79 Å². The lowest BCUT2D eigenvalue weighted by Gasteiger charge is -2.33. The molecule has 4 heteroatoms. The molecule has 1 aromatic carbocycles. The first-order valence-corrected chi connectivity index (χ1v) is 6.96. The van der Waals surface area contributed by atoms with Crippen LogP contribution in [-0.2, 0) is 0 Å². The largest absolute Gasteiger partial charge is 0.336 e. The number of rotatable bonds is 2. The van der Waals surface area contributed by atoms with Crippen molar-refractivity contribution in [2.75, 3.05) is 0 Å². The molecule has 2 N–H and O–H groups in total. The van der Waals surface area contributed by atoms with Crippen LogP contribution in [-0.4, -0.2) is 21.6 Å². The van der Waals surface area contributed by atoms with Gasteiger partial charge in [0.2, 0.25) is 0 Å². The number of fused-ring (bicyclic) bond motifs is 1. The monoisotopic (exact) mass is 267 g/mol. The minimum Gasteiger partial charge on any atom is -0.336 e. The third kappa shape index (κ3) is 2.27. The molecule has 4 nitrogen and oxygen atoms in total. The zero-order valence-corrected chi connectivity index (χ0v) is 11.3. The number of nitrogens with zero attached hydrogens (tertiary/aromatic N) is 1. The average Bonchev–Trinajstić information content (AvgIpc) is 2.95. The molecule has 0 bridgehead atoms. The molecule has 0 spiro atoms. The Bertz CT molecular complexity index is 674. The molecule has 2 aromatic rings. The summed E-state index contributed by atoms with van der Waals surface area (Å²) < 4.78 is 0. The van der Waals surface area contributed by atoms with E-state index >= 15 is 0 Å². The molecule has 1 amide bonds. The zero-order valence-electron chi connectivity index (χ0n) is 11.3. The number of nitrogens with one attached hydrogen (secondary N) is 2. The van der Waals surface area contributed by atoms with Crippen molar-refractivity contribution < 1.29 is 4.79 Å². The maximum atomic E-state index is 12.4. The maximum absolute atomic E-state index is 12.4. The quantitative estimate of drug-likeness (QED) is 0.822. The van der Waals surface area contributed by atoms with Gasteiger partial charge in [0.25, 0.3) is 5.91 Å². The van der Waals surface area contributed by atoms with E-state index in [4.69, 9.17) is 6.42 Å². The fourth-order valence-electron chi connectivity index (χ4n) is 2.83. The second kappa shape index (κ2) is 5.01. The first kappa shape index (κ1) is 12.7. The fourth-order valence-corrected chi connectivity index (χ4v) is 2.83. The van der Waals surface area contributed by atoms with Crippen molar-refractivity contribution in [1.82, 2.24) is 15.5 Å². The van der Waals surface area contributed by atoms with E-state index < -0.39 is 5.54 Å². The van der Waals surface area contributed by atoms with E-state index in [1.54, 1.807) is 12.3 Å². The van der Waals surface area contributed by atoms with Crippen LogP contribution in [0.1, 0.15) is 42.5 Å². The highest BCUT2D eigenvalue weighted by Crippen LogP contribution is 2.28. The molecule has 0 atom stereocenters. The third-order valence-corrected chi connectivity index (χ3v) is 4.04. The standard InChI is InChI=1S/C16H17N3O/c1-2-16(8-4-3-5-9-16)18-15(20)12-6-7-14-13(10-12)11-17-19-14/h1,6-7,10-11H,3-5,8-9H2,(H,17,19)(H,18,20). The van der Waals surface area contributed by atoms with Crippen molar-refractivity contribution in [1.29, 1.82) is 0 Å². The van der Waals surface area contributed by atoms with E-state index in [0.717, 1.165) is 36.6 Å². The highest BCUT2D eigenvalue weighted by molar-refractivity contribution is 5.98. The van der Waals surface area contributed by atoms with Gasteiger partial charge in [-0.2, -0.15) is 5.10 Å². The van der Waals surface area contributed by atoms with Gasteiger partial charge in [-0.15, -0.1) is 6.42 Å². The molecule has 20 heavy (non-hydrogen) atoms. The molecule has 0 aliphatic heterocycles. The SMILES string of the molecule is C#CC1(NC(=O)c2ccc3[nH]ncc3c2)CCCCC1. The second-order valence-corrected chi connectivity index (χ2v) is 5.41. The van der Waals surface area contributed by atoms with E-state index in [1.165, 1.54) is 6.42 Å². The van der Waals surface area contributed by atoms with Gasteiger partial charge in [0.1, 0.15) is 5.54 Å². The second-order valence-electron chi connectivity index (χ2n) is 5.41. The summed E-state index contributed by atoms with van der Waals surface area (Å²) in [5.74, 6) is 2.70. The molecule has 102 valence electrons. The van der Waals surface area contributed by atoms with E-state index in [-0.39, 0.29) is 5.91 Å². The normalized spacial score (nSPS) is 17.6. The molecule has 3 rings (SSSR count). The topological polar surface area (TPSA) is 57.8 Å². The van der Waals surface area contributed by atoms with Gasteiger partial charge in [-0.25, -0.2) is 0 Å². The predicted octanol–water partition coefficient (Wildman–Crippen LogP) is 2.63. The van der Waals surface area contributed by atoms with Crippen LogP contribution in [0.4, 0.5) is 0 Å². The Morgan fingerprint density at radius 1 is 1.35 bits per heavy atom. The summed E-state index contributed by atoms with van der Waals surface area (Å²) >= 11 is 0. The summed E-state index contributed by atoms with van der Waals surface area (Å²) in [6.45, 7) is 0. The van der Waals surface area contributed by atoms with Gasteiger partial charge in [0.15, 0.2) is 0 Å². The first-order chi connectivity index (χ1) is 9.72. The van der Waals surface area contributed by atoms with Gasteiger partial charge in [-0.05, 0) is 31.0 Å². The summed E-state index contributed by atoms with van der Waals surface area (Å²) in [5.41, 5.74) is 1.07. The molecule has 0 radical (unpaired) electrons. The number of H-pyrrole nitrogens is 1. The molecule has 1 heterocycles. The number of carbonyl (C=O) groups is 1. The van der Waals surface area contributed by atoms with Crippen LogP contribution in [0.15, 0.2) is 24.4 Å². The number of aromatic nitrogens is 2. The molecule has 1 saturated carbocycles. The van der Waals surface area contributed by atoms with Gasteiger partial charge in [0, 0.05) is 10.9 Å². The minimum absolute atomic E-state index is 0.104. The van der Waals surface area contributed by atoms with Crippen LogP contribution in [0.3, 0.4) is 0 Å². The molecule has 1 aliphatic rings. The molecule has 1 aromatic heterocycles. The van der Waals surface area contributed by atoms with Gasteiger partial charge in [-0.1, -0.05) is 25.2 Å². The first-order valence-electron chi connectivity index (χ1n) is 6.96. The minimum atomic E-state index is -0.472. The van der Waals surface area contributed by atoms with Crippen molar-refractivity contribution in [2.45, 2.75) is 37.6 Å². The van der Waals surface area contributed by atoms with Crippen LogP contribution in [0, 0.1) is 12.3 Å². The highest BCUT2D eigenvalue weighted by Gasteiger charge is 2.31. The average molecular weight is 267 g/mol. The van der Waals surface area contributed by atoms with Gasteiger partial charge in [0.05, 0.1) is 11.7 Å². The number of aromatic amines is 1. The summed E-state index contributed by atoms with van der Waals surface area (Å²) in [4.78, 5) is 12.4. The molecular weight excluding hydrogens is 250 g/mol. The lowest BCUT2D eigenvalue weighted by molar-refractivity contribution is 0.0904. The summed E-state index contributed by atoms with van der Waals surface area (Å²) in [6, 6.07) is 5.49. The Morgan fingerprint density at radius 2 is 2.15 bits per heavy atom. The molecule has 1 aliphatic carbocycles. The molecular formula is C16H17N3O. The van der Waals surface area contributed by atoms with Crippen LogP contribution in [0.5, 0.6) is 0 Å². The van der Waals surface area contributed by atoms with Crippen molar-refractivity contribution in [2.24, 2.45) is 0 Å². The summed E-state index contributed by atoms with van der Waals surface area (Å²) in [6.07, 6.45) is 12.4. The summed E-state index contributed by atoms with van der Waals surface area (Å²) in [7, 11) is 0. The molecule has 1 fully saturated rings. The Labute approximate surface area is 117 Å². The lowest BCUT2D eigenvalue weighted by Crippen LogP contribution is -2.48. The summed E-state index contributed by atoms with van der Waals surface area (Å²) in [5, 5.41) is 10.8. The van der Waals surface area contributed by atoms with Crippen LogP contribution < -0.4 is 5.32 Å². The highest BCUT2D eigenvalue weighted by atomic mass is 16.1. The fraction of sp³-hybridized carbons (Fsp3) is 0.375. The lowest BCUT2D eigenvalue weighted by atomic mass is 9.82.